The van der Waals surface area contributed by atoms with E-state index in [-0.39, 0.29) is 11.8 Å². The Bertz CT molecular complexity index is 1180. The summed E-state index contributed by atoms with van der Waals surface area (Å²) in [5.74, 6) is 0.185. The third-order valence-corrected chi connectivity index (χ3v) is 8.41. The highest BCUT2D eigenvalue weighted by Gasteiger charge is 2.27. The summed E-state index contributed by atoms with van der Waals surface area (Å²) in [6.07, 6.45) is 20.6. The number of amides is 2. The summed E-state index contributed by atoms with van der Waals surface area (Å²) >= 11 is 0. The number of carbonyl (C=O) groups excluding carboxylic acids is 2. The Kier molecular flexibility index (Phi) is 9.85. The Balaban J connectivity index is 1.32. The van der Waals surface area contributed by atoms with Crippen LogP contribution < -0.4 is 0 Å². The Morgan fingerprint density at radius 3 is 2.45 bits per heavy atom. The molecule has 6 nitrogen and oxygen atoms in total. The number of nitrogens with zero attached hydrogens (tertiary/aromatic N) is 4. The first-order valence-corrected chi connectivity index (χ1v) is 15.1. The molecule has 1 aromatic rings. The average Bonchev–Trinajstić information content (AvgIpc) is 3.44. The molecule has 0 N–H and O–H groups in total. The molecule has 5 rings (SSSR count). The number of allylic oxidation sites excluding steroid dienone is 5. The van der Waals surface area contributed by atoms with Crippen molar-refractivity contribution >= 4 is 11.8 Å². The molecule has 0 spiro atoms. The van der Waals surface area contributed by atoms with Crippen molar-refractivity contribution in [2.24, 2.45) is 0 Å². The van der Waals surface area contributed by atoms with Crippen molar-refractivity contribution in [3.8, 4) is 0 Å². The minimum atomic E-state index is 0.0531. The summed E-state index contributed by atoms with van der Waals surface area (Å²) in [5.41, 5.74) is 5.47. The smallest absolute Gasteiger partial charge is 0.254 e. The Hall–Kier alpha value is -3.22. The summed E-state index contributed by atoms with van der Waals surface area (Å²) in [6.45, 7) is 11.4. The molecule has 4 aliphatic rings. The van der Waals surface area contributed by atoms with E-state index >= 15 is 0 Å². The fraction of sp³-hybridized carbons (Fsp3) is 0.471. The molecule has 0 atom stereocenters. The standard InChI is InChI=1S/C34H44N4O2/c1-2-3-17-36-25-30-12-11-28(10-9-20-35-18-5-4-6-19-35)23-32(24-30)38(33(39)27-36)26-29-13-15-31(16-14-29)34(40)37-21-7-8-22-37/h2,7-8,11-16,23H,1,3-6,9-10,17-22,24-27H2. The van der Waals surface area contributed by atoms with E-state index in [2.05, 4.69) is 34.6 Å². The van der Waals surface area contributed by atoms with Crippen LogP contribution >= 0.6 is 0 Å². The molecule has 3 heterocycles. The van der Waals surface area contributed by atoms with Crippen molar-refractivity contribution in [2.75, 3.05) is 52.4 Å². The number of hydrogen-bond donors (Lipinski definition) is 0. The number of carbonyl (C=O) groups is 2. The quantitative estimate of drug-likeness (QED) is 0.377. The van der Waals surface area contributed by atoms with Crippen molar-refractivity contribution in [1.82, 2.24) is 19.6 Å². The average molecular weight is 541 g/mol. The molecule has 0 radical (unpaired) electrons. The molecule has 2 bridgehead atoms. The summed E-state index contributed by atoms with van der Waals surface area (Å²) in [4.78, 5) is 35.2. The highest BCUT2D eigenvalue weighted by Crippen LogP contribution is 2.28. The predicted molar refractivity (Wildman–Crippen MR) is 162 cm³/mol. The third kappa shape index (κ3) is 7.49. The van der Waals surface area contributed by atoms with Gasteiger partial charge in [0.1, 0.15) is 0 Å². The van der Waals surface area contributed by atoms with Crippen molar-refractivity contribution in [2.45, 2.75) is 51.5 Å². The van der Waals surface area contributed by atoms with Gasteiger partial charge in [0.15, 0.2) is 0 Å². The van der Waals surface area contributed by atoms with E-state index in [0.29, 0.717) is 31.7 Å². The SMILES string of the molecule is C=CCCN1CC(=O)N(Cc2ccc(C(=O)N3CC=CC3)cc2)C2=CC(CCCN3CCCCC3)=CC=C(C2)C1. The molecule has 0 unspecified atom stereocenters. The number of likely N-dealkylation sites (tertiary alicyclic amines) is 1. The fourth-order valence-electron chi connectivity index (χ4n) is 6.12. The van der Waals surface area contributed by atoms with Gasteiger partial charge in [-0.15, -0.1) is 6.58 Å². The van der Waals surface area contributed by atoms with E-state index in [1.165, 1.54) is 43.5 Å². The highest BCUT2D eigenvalue weighted by atomic mass is 16.2. The monoisotopic (exact) mass is 540 g/mol. The van der Waals surface area contributed by atoms with Crippen LogP contribution in [0.25, 0.3) is 0 Å². The molecule has 2 fully saturated rings. The zero-order chi connectivity index (χ0) is 27.7. The van der Waals surface area contributed by atoms with Crippen LogP contribution in [0.1, 0.15) is 60.9 Å². The van der Waals surface area contributed by atoms with Gasteiger partial charge in [-0.3, -0.25) is 14.5 Å². The molecule has 1 aromatic carbocycles. The maximum atomic E-state index is 13.7. The lowest BCUT2D eigenvalue weighted by molar-refractivity contribution is -0.131. The highest BCUT2D eigenvalue weighted by molar-refractivity contribution is 5.94. The van der Waals surface area contributed by atoms with E-state index in [0.717, 1.165) is 56.6 Å². The Labute approximate surface area is 240 Å². The van der Waals surface area contributed by atoms with Crippen LogP contribution in [0, 0.1) is 0 Å². The number of fused-ring (bicyclic) bond motifs is 2. The molecule has 3 aliphatic heterocycles. The summed E-state index contributed by atoms with van der Waals surface area (Å²) < 4.78 is 0. The van der Waals surface area contributed by atoms with Crippen LogP contribution in [0.4, 0.5) is 0 Å². The predicted octanol–water partition coefficient (Wildman–Crippen LogP) is 5.33. The van der Waals surface area contributed by atoms with Gasteiger partial charge in [0, 0.05) is 43.9 Å². The summed E-state index contributed by atoms with van der Waals surface area (Å²) in [6, 6.07) is 7.81. The van der Waals surface area contributed by atoms with E-state index in [1.807, 2.05) is 52.3 Å². The van der Waals surface area contributed by atoms with Crippen molar-refractivity contribution in [3.63, 3.8) is 0 Å². The third-order valence-electron chi connectivity index (χ3n) is 8.41. The second kappa shape index (κ2) is 13.9. The van der Waals surface area contributed by atoms with Gasteiger partial charge >= 0.3 is 0 Å². The maximum Gasteiger partial charge on any atom is 0.254 e. The second-order valence-electron chi connectivity index (χ2n) is 11.5. The molecule has 2 amide bonds. The first kappa shape index (κ1) is 28.3. The van der Waals surface area contributed by atoms with Gasteiger partial charge in [-0.25, -0.2) is 0 Å². The number of benzene rings is 1. The molecular weight excluding hydrogens is 496 g/mol. The zero-order valence-electron chi connectivity index (χ0n) is 23.9. The van der Waals surface area contributed by atoms with Gasteiger partial charge in [0.25, 0.3) is 5.91 Å². The van der Waals surface area contributed by atoms with Crippen LogP contribution in [0.15, 0.2) is 84.1 Å². The fourth-order valence-corrected chi connectivity index (χ4v) is 6.12. The van der Waals surface area contributed by atoms with Crippen LogP contribution in [-0.4, -0.2) is 83.8 Å². The van der Waals surface area contributed by atoms with Gasteiger partial charge in [-0.1, -0.05) is 54.5 Å². The van der Waals surface area contributed by atoms with Crippen molar-refractivity contribution in [3.05, 3.63) is 95.3 Å². The van der Waals surface area contributed by atoms with Gasteiger partial charge in [0.2, 0.25) is 5.91 Å². The molecule has 1 aliphatic carbocycles. The molecule has 6 heteroatoms. The molecule has 0 aromatic heterocycles. The summed E-state index contributed by atoms with van der Waals surface area (Å²) in [5, 5.41) is 0. The first-order chi connectivity index (χ1) is 19.6. The van der Waals surface area contributed by atoms with Gasteiger partial charge in [-0.05, 0) is 81.1 Å². The van der Waals surface area contributed by atoms with Gasteiger partial charge in [-0.2, -0.15) is 0 Å². The minimum absolute atomic E-state index is 0.0531. The largest absolute Gasteiger partial charge is 0.331 e. The first-order valence-electron chi connectivity index (χ1n) is 15.1. The van der Waals surface area contributed by atoms with Gasteiger partial charge in [0.05, 0.1) is 13.1 Å². The second-order valence-corrected chi connectivity index (χ2v) is 11.5. The zero-order valence-corrected chi connectivity index (χ0v) is 23.9. The Morgan fingerprint density at radius 1 is 0.925 bits per heavy atom. The molecular formula is C34H44N4O2. The lowest BCUT2D eigenvalue weighted by Gasteiger charge is -2.33. The van der Waals surface area contributed by atoms with Crippen LogP contribution in [0.3, 0.4) is 0 Å². The molecule has 40 heavy (non-hydrogen) atoms. The minimum Gasteiger partial charge on any atom is -0.331 e. The van der Waals surface area contributed by atoms with E-state index < -0.39 is 0 Å². The molecule has 212 valence electrons. The Morgan fingerprint density at radius 2 is 1.70 bits per heavy atom. The van der Waals surface area contributed by atoms with E-state index in [1.54, 1.807) is 0 Å². The number of rotatable bonds is 10. The lowest BCUT2D eigenvalue weighted by atomic mass is 10.0. The van der Waals surface area contributed by atoms with Crippen LogP contribution in [-0.2, 0) is 11.3 Å². The normalized spacial score (nSPS) is 20.4. The molecule has 0 saturated carbocycles. The van der Waals surface area contributed by atoms with Crippen LogP contribution in [0.2, 0.25) is 0 Å². The maximum absolute atomic E-state index is 13.7. The number of piperidine rings is 1. The van der Waals surface area contributed by atoms with E-state index in [9.17, 15) is 9.59 Å². The number of hydrogen-bond acceptors (Lipinski definition) is 4. The van der Waals surface area contributed by atoms with Crippen molar-refractivity contribution < 1.29 is 9.59 Å². The van der Waals surface area contributed by atoms with Gasteiger partial charge < -0.3 is 14.7 Å². The van der Waals surface area contributed by atoms with Crippen LogP contribution in [0.5, 0.6) is 0 Å². The lowest BCUT2D eigenvalue weighted by Crippen LogP contribution is -2.43. The topological polar surface area (TPSA) is 47.1 Å². The summed E-state index contributed by atoms with van der Waals surface area (Å²) in [7, 11) is 0. The van der Waals surface area contributed by atoms with E-state index in [4.69, 9.17) is 0 Å². The molecule has 2 saturated heterocycles. The van der Waals surface area contributed by atoms with Crippen molar-refractivity contribution in [1.29, 1.82) is 0 Å².